The smallest absolute Gasteiger partial charge is 0.318 e. The highest BCUT2D eigenvalue weighted by Crippen LogP contribution is 2.48. The maximum atomic E-state index is 7.07. The fourth-order valence-corrected chi connectivity index (χ4v) is 5.78. The molecule has 0 spiro atoms. The van der Waals surface area contributed by atoms with Crippen LogP contribution < -0.4 is 19.7 Å². The average molecular weight is 445 g/mol. The minimum Gasteiger partial charge on any atom is -0.489 e. The van der Waals surface area contributed by atoms with Gasteiger partial charge in [0.15, 0.2) is 5.75 Å². The minimum atomic E-state index is 0.201. The molecule has 4 aromatic rings. The molecular formula is C25H21ClN4O2. The van der Waals surface area contributed by atoms with Crippen LogP contribution in [0.2, 0.25) is 5.02 Å². The number of hydrogen-bond donors (Lipinski definition) is 1. The van der Waals surface area contributed by atoms with Crippen LogP contribution in [0.25, 0.3) is 32.8 Å². The molecular weight excluding hydrogens is 424 g/mol. The molecule has 3 unspecified atom stereocenters. The Bertz CT molecular complexity index is 1400. The summed E-state index contributed by atoms with van der Waals surface area (Å²) in [7, 11) is 1.61. The zero-order chi connectivity index (χ0) is 21.4. The lowest BCUT2D eigenvalue weighted by Gasteiger charge is -2.53. The number of benzene rings is 3. The molecule has 5 heterocycles. The van der Waals surface area contributed by atoms with Crippen LogP contribution in [0.4, 0.5) is 5.82 Å². The third-order valence-corrected chi connectivity index (χ3v) is 7.42. The fourth-order valence-electron chi connectivity index (χ4n) is 5.48. The Kier molecular flexibility index (Phi) is 3.87. The van der Waals surface area contributed by atoms with E-state index in [1.165, 1.54) is 6.42 Å². The van der Waals surface area contributed by atoms with Gasteiger partial charge in [-0.05, 0) is 28.8 Å². The van der Waals surface area contributed by atoms with Crippen molar-refractivity contribution in [2.45, 2.75) is 24.5 Å². The first-order chi connectivity index (χ1) is 15.7. The van der Waals surface area contributed by atoms with E-state index in [2.05, 4.69) is 40.5 Å². The van der Waals surface area contributed by atoms with E-state index in [0.29, 0.717) is 35.5 Å². The quantitative estimate of drug-likeness (QED) is 0.493. The summed E-state index contributed by atoms with van der Waals surface area (Å²) >= 11 is 7.07. The maximum absolute atomic E-state index is 7.07. The van der Waals surface area contributed by atoms with Gasteiger partial charge in [-0.25, -0.2) is 0 Å². The number of hydrogen-bond acceptors (Lipinski definition) is 6. The van der Waals surface area contributed by atoms with E-state index in [1.54, 1.807) is 7.11 Å². The van der Waals surface area contributed by atoms with Crippen molar-refractivity contribution >= 4 is 39.1 Å². The van der Waals surface area contributed by atoms with Gasteiger partial charge in [0.2, 0.25) is 0 Å². The van der Waals surface area contributed by atoms with Crippen LogP contribution in [0, 0.1) is 0 Å². The van der Waals surface area contributed by atoms with Gasteiger partial charge in [0.1, 0.15) is 12.4 Å². The molecule has 160 valence electrons. The summed E-state index contributed by atoms with van der Waals surface area (Å²) in [5, 5.41) is 7.40. The maximum Gasteiger partial charge on any atom is 0.318 e. The van der Waals surface area contributed by atoms with Gasteiger partial charge in [0, 0.05) is 24.2 Å². The third-order valence-electron chi connectivity index (χ3n) is 7.04. The molecule has 8 rings (SSSR count). The van der Waals surface area contributed by atoms with Gasteiger partial charge in [0.05, 0.1) is 29.1 Å². The number of piperidine rings is 1. The van der Waals surface area contributed by atoms with Crippen molar-refractivity contribution in [1.82, 2.24) is 15.3 Å². The summed E-state index contributed by atoms with van der Waals surface area (Å²) in [5.41, 5.74) is 2.74. The van der Waals surface area contributed by atoms with E-state index in [1.807, 2.05) is 18.2 Å². The van der Waals surface area contributed by atoms with Crippen molar-refractivity contribution in [3.63, 3.8) is 0 Å². The number of nitrogens with zero attached hydrogens (tertiary/aromatic N) is 3. The van der Waals surface area contributed by atoms with Crippen molar-refractivity contribution in [3.05, 3.63) is 53.6 Å². The van der Waals surface area contributed by atoms with Crippen LogP contribution in [-0.4, -0.2) is 48.4 Å². The molecule has 2 bridgehead atoms. The molecule has 3 aromatic carbocycles. The number of rotatable bonds is 2. The van der Waals surface area contributed by atoms with E-state index in [-0.39, 0.29) is 6.04 Å². The van der Waals surface area contributed by atoms with Gasteiger partial charge in [-0.2, -0.15) is 9.97 Å². The van der Waals surface area contributed by atoms with Crippen molar-refractivity contribution in [1.29, 1.82) is 0 Å². The summed E-state index contributed by atoms with van der Waals surface area (Å²) in [6.45, 7) is 1.44. The second-order valence-electron chi connectivity index (χ2n) is 8.76. The highest BCUT2D eigenvalue weighted by Gasteiger charge is 2.47. The minimum absolute atomic E-state index is 0.201. The van der Waals surface area contributed by atoms with Gasteiger partial charge in [0.25, 0.3) is 0 Å². The lowest BCUT2D eigenvalue weighted by atomic mass is 9.85. The van der Waals surface area contributed by atoms with Crippen LogP contribution in [-0.2, 0) is 0 Å². The number of halogens is 1. The standard InChI is InChI=1S/C25H21ClN4O2/c1-31-25-28-19-10-17(16-8-4-6-13-5-2-3-7-15(13)16)22(26)23-21(19)24(29-25)30-11-14-9-18(27-14)20(30)12-32-23/h2-8,10,14,18,20,27H,9,11-12H2,1H3. The fraction of sp³-hybridized carbons (Fsp3) is 0.280. The number of ether oxygens (including phenoxy) is 2. The Morgan fingerprint density at radius 3 is 2.84 bits per heavy atom. The van der Waals surface area contributed by atoms with E-state index >= 15 is 0 Å². The van der Waals surface area contributed by atoms with E-state index in [4.69, 9.17) is 31.0 Å². The molecule has 3 saturated heterocycles. The number of aromatic nitrogens is 2. The van der Waals surface area contributed by atoms with Crippen molar-refractivity contribution in [2.75, 3.05) is 25.2 Å². The molecule has 3 fully saturated rings. The van der Waals surface area contributed by atoms with Crippen LogP contribution in [0.15, 0.2) is 48.5 Å². The lowest BCUT2D eigenvalue weighted by Crippen LogP contribution is -2.73. The summed E-state index contributed by atoms with van der Waals surface area (Å²) in [6, 6.07) is 18.1. The molecule has 32 heavy (non-hydrogen) atoms. The highest BCUT2D eigenvalue weighted by atomic mass is 35.5. The number of anilines is 1. The van der Waals surface area contributed by atoms with Crippen molar-refractivity contribution in [2.24, 2.45) is 0 Å². The number of methoxy groups -OCH3 is 1. The zero-order valence-corrected chi connectivity index (χ0v) is 18.3. The first-order valence-corrected chi connectivity index (χ1v) is 11.3. The first kappa shape index (κ1) is 18.5. The predicted molar refractivity (Wildman–Crippen MR) is 126 cm³/mol. The number of piperazine rings is 1. The number of fused-ring (bicyclic) bond motifs is 1. The molecule has 6 nitrogen and oxygen atoms in total. The largest absolute Gasteiger partial charge is 0.489 e. The van der Waals surface area contributed by atoms with Gasteiger partial charge >= 0.3 is 6.01 Å². The van der Waals surface area contributed by atoms with Crippen molar-refractivity contribution in [3.8, 4) is 22.9 Å². The molecule has 0 aliphatic carbocycles. The summed E-state index contributed by atoms with van der Waals surface area (Å²) in [6.07, 6.45) is 1.17. The topological polar surface area (TPSA) is 59.5 Å². The van der Waals surface area contributed by atoms with Gasteiger partial charge in [-0.15, -0.1) is 0 Å². The van der Waals surface area contributed by atoms with Gasteiger partial charge in [-0.1, -0.05) is 54.1 Å². The zero-order valence-electron chi connectivity index (χ0n) is 17.5. The molecule has 0 amide bonds. The van der Waals surface area contributed by atoms with Crippen LogP contribution in [0.5, 0.6) is 11.8 Å². The van der Waals surface area contributed by atoms with E-state index < -0.39 is 0 Å². The van der Waals surface area contributed by atoms with Crippen LogP contribution >= 0.6 is 11.6 Å². The number of nitrogens with one attached hydrogen (secondary N) is 1. The predicted octanol–water partition coefficient (Wildman–Crippen LogP) is 4.42. The van der Waals surface area contributed by atoms with E-state index in [0.717, 1.165) is 45.2 Å². The van der Waals surface area contributed by atoms with Crippen LogP contribution in [0.1, 0.15) is 6.42 Å². The Morgan fingerprint density at radius 2 is 1.97 bits per heavy atom. The molecule has 1 N–H and O–H groups in total. The summed E-state index contributed by atoms with van der Waals surface area (Å²) in [5.74, 6) is 1.52. The first-order valence-electron chi connectivity index (χ1n) is 10.9. The highest BCUT2D eigenvalue weighted by molar-refractivity contribution is 6.37. The molecule has 0 saturated carbocycles. The molecule has 7 heteroatoms. The second-order valence-corrected chi connectivity index (χ2v) is 9.14. The van der Waals surface area contributed by atoms with Crippen LogP contribution in [0.3, 0.4) is 0 Å². The Labute approximate surface area is 190 Å². The molecule has 4 aliphatic heterocycles. The molecule has 4 aliphatic rings. The normalized spacial score (nSPS) is 23.3. The summed E-state index contributed by atoms with van der Waals surface area (Å²) in [4.78, 5) is 11.8. The monoisotopic (exact) mass is 444 g/mol. The summed E-state index contributed by atoms with van der Waals surface area (Å²) < 4.78 is 11.9. The Hall–Kier alpha value is -3.09. The Balaban J connectivity index is 1.52. The lowest BCUT2D eigenvalue weighted by molar-refractivity contribution is 0.138. The Morgan fingerprint density at radius 1 is 1.12 bits per heavy atom. The average Bonchev–Trinajstić information content (AvgIpc) is 2.98. The molecule has 0 radical (unpaired) electrons. The molecule has 1 aromatic heterocycles. The second kappa shape index (κ2) is 6.70. The molecule has 3 atom stereocenters. The van der Waals surface area contributed by atoms with Gasteiger partial charge < -0.3 is 19.7 Å². The van der Waals surface area contributed by atoms with Crippen molar-refractivity contribution < 1.29 is 9.47 Å². The van der Waals surface area contributed by atoms with Gasteiger partial charge in [-0.3, -0.25) is 0 Å². The SMILES string of the molecule is COc1nc2c3c(c(Cl)c(-c4cccc5ccccc45)cc3n1)OCC1C3CC(CN21)N3. The third kappa shape index (κ3) is 2.51. The van der Waals surface area contributed by atoms with E-state index in [9.17, 15) is 0 Å².